The first-order valence-electron chi connectivity index (χ1n) is 14.9. The van der Waals surface area contributed by atoms with Gasteiger partial charge >= 0.3 is 217 Å². The molecule has 0 aliphatic heterocycles. The second-order valence-electron chi connectivity index (χ2n) is 12.6. The zero-order chi connectivity index (χ0) is 28.1. The molecule has 214 valence electrons. The van der Waals surface area contributed by atoms with Gasteiger partial charge in [-0.1, -0.05) is 26.2 Å². The van der Waals surface area contributed by atoms with Gasteiger partial charge in [0.25, 0.3) is 0 Å². The van der Waals surface area contributed by atoms with Crippen molar-refractivity contribution in [1.82, 2.24) is 0 Å². The molecule has 0 fully saturated rings. The summed E-state index contributed by atoms with van der Waals surface area (Å²) in [6.45, 7) is 9.74. The van der Waals surface area contributed by atoms with Gasteiger partial charge in [0.15, 0.2) is 0 Å². The molecule has 0 spiro atoms. The molecule has 6 aromatic carbocycles. The van der Waals surface area contributed by atoms with Gasteiger partial charge < -0.3 is 24.8 Å². The number of benzene rings is 6. The molecule has 2 aliphatic carbocycles. The summed E-state index contributed by atoms with van der Waals surface area (Å²) in [5, 5.41) is 11.2. The SMILES string of the molecule is C1=C[CH]([Zr+2][CH]2C=Cc3c2c2ccccc2c2ccccc32)c2c1c1ccccc1c1ccccc21.C[SiH2][Si](C)(C)C.[Cl-].[Cl-]. The van der Waals surface area contributed by atoms with E-state index in [-0.39, 0.29) is 24.8 Å². The average molecular weight is 711 g/mol. The minimum absolute atomic E-state index is 0. The summed E-state index contributed by atoms with van der Waals surface area (Å²) in [4.78, 5) is 0. The van der Waals surface area contributed by atoms with Crippen molar-refractivity contribution in [2.45, 2.75) is 33.4 Å². The monoisotopic (exact) mass is 708 g/mol. The van der Waals surface area contributed by atoms with E-state index < -0.39 is 30.8 Å². The first-order valence-corrected chi connectivity index (χ1v) is 25.0. The Morgan fingerprint density at radius 1 is 0.488 bits per heavy atom. The van der Waals surface area contributed by atoms with Crippen LogP contribution in [-0.2, 0) is 23.2 Å². The normalized spacial score (nSPS) is 16.6. The van der Waals surface area contributed by atoms with Gasteiger partial charge in [-0.2, -0.15) is 0 Å². The molecule has 0 nitrogen and oxygen atoms in total. The van der Waals surface area contributed by atoms with Crippen molar-refractivity contribution in [2.24, 2.45) is 0 Å². The molecule has 0 amide bonds. The van der Waals surface area contributed by atoms with Gasteiger partial charge in [0.1, 0.15) is 0 Å². The van der Waals surface area contributed by atoms with Gasteiger partial charge in [-0.3, -0.25) is 0 Å². The third-order valence-corrected chi connectivity index (χ3v) is 21.6. The fraction of sp³-hybridized carbons (Fsp3) is 0.158. The first-order chi connectivity index (χ1) is 19.9. The second kappa shape index (κ2) is 13.0. The predicted molar refractivity (Wildman–Crippen MR) is 184 cm³/mol. The first kappa shape index (κ1) is 32.1. The molecule has 0 heterocycles. The van der Waals surface area contributed by atoms with E-state index in [0.717, 1.165) is 0 Å². The smallest absolute Gasteiger partial charge is 0.0307 e. The minimum Gasteiger partial charge on any atom is -1.00 e. The molecule has 0 N–H and O–H groups in total. The van der Waals surface area contributed by atoms with E-state index in [0.29, 0.717) is 16.3 Å². The third-order valence-electron chi connectivity index (χ3n) is 8.98. The van der Waals surface area contributed by atoms with Crippen LogP contribution in [0.4, 0.5) is 0 Å². The van der Waals surface area contributed by atoms with Crippen LogP contribution in [0.2, 0.25) is 26.2 Å². The van der Waals surface area contributed by atoms with Crippen molar-refractivity contribution in [3.8, 4) is 0 Å². The van der Waals surface area contributed by atoms with Gasteiger partial charge in [0.05, 0.1) is 0 Å². The number of fused-ring (bicyclic) bond motifs is 12. The van der Waals surface area contributed by atoms with Crippen LogP contribution in [0, 0.1) is 0 Å². The van der Waals surface area contributed by atoms with Gasteiger partial charge in [0, 0.05) is 16.6 Å². The molecule has 0 saturated heterocycles. The Morgan fingerprint density at radius 2 is 0.767 bits per heavy atom. The Morgan fingerprint density at radius 3 is 1.09 bits per heavy atom. The van der Waals surface area contributed by atoms with Crippen LogP contribution in [0.1, 0.15) is 29.5 Å². The molecular weight excluding hydrogens is 675 g/mol. The van der Waals surface area contributed by atoms with E-state index >= 15 is 0 Å². The van der Waals surface area contributed by atoms with Crippen LogP contribution in [-0.4, -0.2) is 16.6 Å². The Balaban J connectivity index is 0.000000422. The molecule has 0 radical (unpaired) electrons. The van der Waals surface area contributed by atoms with Crippen LogP contribution in [0.15, 0.2) is 109 Å². The summed E-state index contributed by atoms with van der Waals surface area (Å²) in [6, 6.07) is 36.0. The molecule has 0 saturated carbocycles. The zero-order valence-electron chi connectivity index (χ0n) is 25.2. The van der Waals surface area contributed by atoms with Crippen molar-refractivity contribution >= 4 is 71.9 Å². The number of halogens is 2. The quantitative estimate of drug-likeness (QED) is 0.190. The fourth-order valence-corrected chi connectivity index (χ4v) is 10.8. The van der Waals surface area contributed by atoms with Crippen LogP contribution in [0.5, 0.6) is 0 Å². The molecular formula is C38H36Cl2Si2Zr. The maximum absolute atomic E-state index is 2.53. The van der Waals surface area contributed by atoms with Crippen molar-refractivity contribution in [2.75, 3.05) is 0 Å². The molecule has 8 rings (SSSR count). The minimum atomic E-state index is -0.901. The molecule has 0 aromatic heterocycles. The summed E-state index contributed by atoms with van der Waals surface area (Å²) in [5.74, 6) is 0. The van der Waals surface area contributed by atoms with Gasteiger partial charge in [0.2, 0.25) is 0 Å². The maximum Gasteiger partial charge on any atom is 0.0307 e. The maximum atomic E-state index is 2.53. The summed E-state index contributed by atoms with van der Waals surface area (Å²) in [6.07, 6.45) is 9.91. The van der Waals surface area contributed by atoms with E-state index in [2.05, 4.69) is 148 Å². The fourth-order valence-electron chi connectivity index (χ4n) is 6.47. The number of hydrogen-bond donors (Lipinski definition) is 0. The van der Waals surface area contributed by atoms with E-state index in [1.165, 1.54) is 54.2 Å². The second-order valence-corrected chi connectivity index (χ2v) is 30.8. The van der Waals surface area contributed by atoms with Crippen molar-refractivity contribution < 1.29 is 48.0 Å². The van der Waals surface area contributed by atoms with Crippen LogP contribution in [0.25, 0.3) is 55.2 Å². The van der Waals surface area contributed by atoms with E-state index in [1.807, 2.05) is 0 Å². The standard InChI is InChI=1S/2C17H11.C4H14Si2.2ClH.Zr/c2*1-3-8-14-12(6-1)13-7-2-4-9-15(13)17-11-5-10-16(14)17;1-5-6(2,3)4;;;/h2*1-11H;5H2,1-4H3;2*1H;/q;;;;;+2/p-2. The summed E-state index contributed by atoms with van der Waals surface area (Å²) in [5.41, 5.74) is 6.07. The number of hydrogen-bond acceptors (Lipinski definition) is 0. The van der Waals surface area contributed by atoms with E-state index in [4.69, 9.17) is 0 Å². The van der Waals surface area contributed by atoms with Crippen LogP contribution >= 0.6 is 0 Å². The number of rotatable bonds is 3. The zero-order valence-corrected chi connectivity index (χ0v) is 31.5. The molecule has 43 heavy (non-hydrogen) atoms. The Labute approximate surface area is 282 Å². The Hall–Kier alpha value is -2.26. The van der Waals surface area contributed by atoms with Crippen LogP contribution < -0.4 is 24.8 Å². The van der Waals surface area contributed by atoms with E-state index in [9.17, 15) is 0 Å². The molecule has 6 aromatic rings. The van der Waals surface area contributed by atoms with Gasteiger partial charge in [-0.15, -0.1) is 0 Å². The van der Waals surface area contributed by atoms with E-state index in [1.54, 1.807) is 11.1 Å². The van der Waals surface area contributed by atoms with Gasteiger partial charge in [-0.05, 0) is 0 Å². The van der Waals surface area contributed by atoms with Crippen molar-refractivity contribution in [1.29, 1.82) is 0 Å². The number of allylic oxidation sites excluding steroid dienone is 2. The average Bonchev–Trinajstić information content (AvgIpc) is 3.63. The Kier molecular flexibility index (Phi) is 9.71. The summed E-state index contributed by atoms with van der Waals surface area (Å²) >= 11 is -0.901. The third kappa shape index (κ3) is 5.80. The van der Waals surface area contributed by atoms with Crippen molar-refractivity contribution in [3.05, 3.63) is 131 Å². The molecule has 2 aliphatic rings. The Bertz CT molecular complexity index is 1880. The predicted octanol–water partition coefficient (Wildman–Crippen LogP) is 4.26. The topological polar surface area (TPSA) is 0 Å². The summed E-state index contributed by atoms with van der Waals surface area (Å²) < 4.78 is 1.16. The van der Waals surface area contributed by atoms with Gasteiger partial charge in [-0.25, -0.2) is 0 Å². The molecule has 2 unspecified atom stereocenters. The van der Waals surface area contributed by atoms with Crippen LogP contribution in [0.3, 0.4) is 0 Å². The summed E-state index contributed by atoms with van der Waals surface area (Å²) in [7, 11) is -0.101. The molecule has 5 heteroatoms. The largest absolute Gasteiger partial charge is 1.00 e. The van der Waals surface area contributed by atoms with Crippen molar-refractivity contribution in [3.63, 3.8) is 0 Å². The molecule has 2 atom stereocenters. The molecule has 0 bridgehead atoms.